The van der Waals surface area contributed by atoms with Gasteiger partial charge in [-0.1, -0.05) is 30.3 Å². The maximum Gasteiger partial charge on any atom is 0.356 e. The molecular weight excluding hydrogens is 320 g/mol. The highest BCUT2D eigenvalue weighted by Gasteiger charge is 2.26. The monoisotopic (exact) mass is 338 g/mol. The predicted molar refractivity (Wildman–Crippen MR) is 92.0 cm³/mol. The van der Waals surface area contributed by atoms with Crippen LogP contribution in [-0.4, -0.2) is 44.9 Å². The Morgan fingerprint density at radius 2 is 2.16 bits per heavy atom. The van der Waals surface area contributed by atoms with Crippen LogP contribution in [0, 0.1) is 0 Å². The summed E-state index contributed by atoms with van der Waals surface area (Å²) in [5, 5.41) is 16.2. The minimum atomic E-state index is -1.06. The van der Waals surface area contributed by atoms with Crippen LogP contribution in [0.1, 0.15) is 28.4 Å². The van der Waals surface area contributed by atoms with Crippen LogP contribution in [0.4, 0.5) is 5.82 Å². The maximum atomic E-state index is 11.0. The molecule has 1 aromatic carbocycles. The number of ether oxygens (including phenoxy) is 1. The smallest absolute Gasteiger partial charge is 0.356 e. The molecule has 7 heteroatoms. The summed E-state index contributed by atoms with van der Waals surface area (Å²) in [4.78, 5) is 15.4. The van der Waals surface area contributed by atoms with E-state index in [1.807, 2.05) is 6.07 Å². The zero-order chi connectivity index (χ0) is 17.2. The first-order valence-corrected chi connectivity index (χ1v) is 8.19. The van der Waals surface area contributed by atoms with E-state index in [-0.39, 0.29) is 11.8 Å². The molecule has 4 rings (SSSR count). The van der Waals surface area contributed by atoms with E-state index in [2.05, 4.69) is 39.7 Å². The zero-order valence-corrected chi connectivity index (χ0v) is 13.5. The minimum Gasteiger partial charge on any atom is -0.476 e. The topological polar surface area (TPSA) is 88.8 Å². The van der Waals surface area contributed by atoms with Gasteiger partial charge in [-0.3, -0.25) is 0 Å². The van der Waals surface area contributed by atoms with Crippen LogP contribution in [0.25, 0.3) is 5.65 Å². The number of nitrogens with one attached hydrogen (secondary N) is 1. The lowest BCUT2D eigenvalue weighted by molar-refractivity contribution is 0.0690. The molecule has 1 aliphatic rings. The van der Waals surface area contributed by atoms with E-state index in [0.717, 1.165) is 13.0 Å². The second-order valence-corrected chi connectivity index (χ2v) is 6.13. The van der Waals surface area contributed by atoms with Gasteiger partial charge in [0.1, 0.15) is 5.82 Å². The lowest BCUT2D eigenvalue weighted by Crippen LogP contribution is -2.19. The first-order valence-electron chi connectivity index (χ1n) is 8.19. The van der Waals surface area contributed by atoms with Gasteiger partial charge in [0.25, 0.3) is 0 Å². The van der Waals surface area contributed by atoms with Gasteiger partial charge in [0.15, 0.2) is 11.3 Å². The largest absolute Gasteiger partial charge is 0.476 e. The maximum absolute atomic E-state index is 11.0. The van der Waals surface area contributed by atoms with Crippen molar-refractivity contribution in [1.29, 1.82) is 0 Å². The van der Waals surface area contributed by atoms with Crippen LogP contribution in [0.5, 0.6) is 0 Å². The standard InChI is InChI=1S/C18H18N4O3/c23-18(24)15-9-17-20-16(6-7-22(17)21-15)19-10-14-8-13(11-25-14)12-4-2-1-3-5-12/h1-7,9,13-14H,8,10-11H2,(H,19,20)(H,23,24)/t13-,14-/m0/s1. The van der Waals surface area contributed by atoms with Gasteiger partial charge in [-0.05, 0) is 18.1 Å². The number of aromatic carboxylic acids is 1. The number of nitrogens with zero attached hydrogens (tertiary/aromatic N) is 3. The molecule has 1 saturated heterocycles. The number of carboxylic acid groups (broad SMARTS) is 1. The Morgan fingerprint density at radius 1 is 1.32 bits per heavy atom. The Kier molecular flexibility index (Phi) is 4.07. The van der Waals surface area contributed by atoms with E-state index >= 15 is 0 Å². The fraction of sp³-hybridized carbons (Fsp3) is 0.278. The lowest BCUT2D eigenvalue weighted by atomic mass is 9.96. The lowest BCUT2D eigenvalue weighted by Gasteiger charge is -2.11. The molecule has 2 atom stereocenters. The molecule has 25 heavy (non-hydrogen) atoms. The second-order valence-electron chi connectivity index (χ2n) is 6.13. The minimum absolute atomic E-state index is 0.0190. The van der Waals surface area contributed by atoms with E-state index in [1.54, 1.807) is 12.3 Å². The number of fused-ring (bicyclic) bond motifs is 1. The molecule has 0 spiro atoms. The molecular formula is C18H18N4O3. The summed E-state index contributed by atoms with van der Waals surface area (Å²) in [6.07, 6.45) is 2.79. The van der Waals surface area contributed by atoms with E-state index in [9.17, 15) is 4.79 Å². The summed E-state index contributed by atoms with van der Waals surface area (Å²) in [7, 11) is 0. The summed E-state index contributed by atoms with van der Waals surface area (Å²) in [6.45, 7) is 1.39. The molecule has 3 aromatic rings. The normalized spacial score (nSPS) is 20.0. The third-order valence-electron chi connectivity index (χ3n) is 4.41. The number of carboxylic acids is 1. The number of benzene rings is 1. The Labute approximate surface area is 144 Å². The summed E-state index contributed by atoms with van der Waals surface area (Å²) in [6, 6.07) is 13.6. The Hall–Kier alpha value is -2.93. The van der Waals surface area contributed by atoms with E-state index in [0.29, 0.717) is 23.9 Å². The molecule has 0 bridgehead atoms. The number of carbonyl (C=O) groups is 1. The Balaban J connectivity index is 1.38. The van der Waals surface area contributed by atoms with Gasteiger partial charge >= 0.3 is 5.97 Å². The molecule has 0 amide bonds. The van der Waals surface area contributed by atoms with Crippen molar-refractivity contribution in [3.63, 3.8) is 0 Å². The number of hydrogen-bond acceptors (Lipinski definition) is 5. The Bertz CT molecular complexity index is 894. The molecule has 128 valence electrons. The van der Waals surface area contributed by atoms with E-state index in [4.69, 9.17) is 9.84 Å². The number of rotatable bonds is 5. The van der Waals surface area contributed by atoms with Crippen LogP contribution >= 0.6 is 0 Å². The van der Waals surface area contributed by atoms with Crippen molar-refractivity contribution in [2.24, 2.45) is 0 Å². The van der Waals surface area contributed by atoms with Crippen molar-refractivity contribution in [2.75, 3.05) is 18.5 Å². The number of hydrogen-bond donors (Lipinski definition) is 2. The molecule has 7 nitrogen and oxygen atoms in total. The van der Waals surface area contributed by atoms with Gasteiger partial charge in [-0.2, -0.15) is 5.10 Å². The molecule has 0 unspecified atom stereocenters. The molecule has 1 fully saturated rings. The van der Waals surface area contributed by atoms with Crippen LogP contribution in [0.2, 0.25) is 0 Å². The fourth-order valence-electron chi connectivity index (χ4n) is 3.11. The summed E-state index contributed by atoms with van der Waals surface area (Å²) >= 11 is 0. The van der Waals surface area contributed by atoms with Crippen molar-refractivity contribution < 1.29 is 14.6 Å². The number of aromatic nitrogens is 3. The van der Waals surface area contributed by atoms with Gasteiger partial charge in [0, 0.05) is 24.7 Å². The van der Waals surface area contributed by atoms with Crippen LogP contribution < -0.4 is 5.32 Å². The summed E-state index contributed by atoms with van der Waals surface area (Å²) in [5.41, 5.74) is 1.79. The Morgan fingerprint density at radius 3 is 2.96 bits per heavy atom. The van der Waals surface area contributed by atoms with Gasteiger partial charge in [-0.25, -0.2) is 14.3 Å². The van der Waals surface area contributed by atoms with Crippen LogP contribution in [-0.2, 0) is 4.74 Å². The van der Waals surface area contributed by atoms with Crippen LogP contribution in [0.15, 0.2) is 48.7 Å². The average Bonchev–Trinajstić information content (AvgIpc) is 3.27. The third kappa shape index (κ3) is 3.32. The number of anilines is 1. The van der Waals surface area contributed by atoms with Gasteiger partial charge in [-0.15, -0.1) is 0 Å². The molecule has 1 aliphatic heterocycles. The SMILES string of the molecule is O=C(O)c1cc2nc(NC[C@@H]3C[C@H](c4ccccc4)CO3)ccn2n1. The highest BCUT2D eigenvalue weighted by molar-refractivity contribution is 5.86. The quantitative estimate of drug-likeness (QED) is 0.743. The fourth-order valence-corrected chi connectivity index (χ4v) is 3.11. The van der Waals surface area contributed by atoms with Gasteiger partial charge in [0.05, 0.1) is 12.7 Å². The zero-order valence-electron chi connectivity index (χ0n) is 13.5. The first kappa shape index (κ1) is 15.6. The molecule has 2 N–H and O–H groups in total. The molecule has 0 aliphatic carbocycles. The van der Waals surface area contributed by atoms with Crippen molar-refractivity contribution >= 4 is 17.4 Å². The predicted octanol–water partition coefficient (Wildman–Crippen LogP) is 2.41. The first-order chi connectivity index (χ1) is 12.2. The van der Waals surface area contributed by atoms with Gasteiger partial charge < -0.3 is 15.2 Å². The van der Waals surface area contributed by atoms with Crippen molar-refractivity contribution in [3.8, 4) is 0 Å². The third-order valence-corrected chi connectivity index (χ3v) is 4.41. The van der Waals surface area contributed by atoms with E-state index in [1.165, 1.54) is 16.1 Å². The summed E-state index contributed by atoms with van der Waals surface area (Å²) < 4.78 is 7.33. The molecule has 0 saturated carbocycles. The second kappa shape index (κ2) is 6.52. The highest BCUT2D eigenvalue weighted by Crippen LogP contribution is 2.29. The molecule has 0 radical (unpaired) electrons. The van der Waals surface area contributed by atoms with E-state index < -0.39 is 5.97 Å². The molecule has 2 aromatic heterocycles. The van der Waals surface area contributed by atoms with Gasteiger partial charge in [0.2, 0.25) is 0 Å². The van der Waals surface area contributed by atoms with Crippen molar-refractivity contribution in [1.82, 2.24) is 14.6 Å². The van der Waals surface area contributed by atoms with Crippen LogP contribution in [0.3, 0.4) is 0 Å². The van der Waals surface area contributed by atoms with Crippen molar-refractivity contribution in [3.05, 3.63) is 59.9 Å². The highest BCUT2D eigenvalue weighted by atomic mass is 16.5. The van der Waals surface area contributed by atoms with Crippen molar-refractivity contribution in [2.45, 2.75) is 18.4 Å². The molecule has 3 heterocycles. The summed E-state index contributed by atoms with van der Waals surface area (Å²) in [5.74, 6) is 0.0406. The average molecular weight is 338 g/mol.